The van der Waals surface area contributed by atoms with Gasteiger partial charge in [0, 0.05) is 18.8 Å². The van der Waals surface area contributed by atoms with Crippen molar-refractivity contribution >= 4 is 11.8 Å². The number of ketones is 1. The van der Waals surface area contributed by atoms with E-state index in [-0.39, 0.29) is 12.3 Å². The number of hydrogen-bond donors (Lipinski definition) is 2. The fraction of sp³-hybridized carbons (Fsp3) is 0.750. The van der Waals surface area contributed by atoms with E-state index in [0.29, 0.717) is 31.0 Å². The van der Waals surface area contributed by atoms with Crippen LogP contribution in [0.2, 0.25) is 0 Å². The molecule has 164 valence electrons. The van der Waals surface area contributed by atoms with Crippen LogP contribution in [0.3, 0.4) is 0 Å². The molecule has 0 radical (unpaired) electrons. The Bertz CT molecular complexity index is 588. The van der Waals surface area contributed by atoms with Gasteiger partial charge >= 0.3 is 5.97 Å². The number of rotatable bonds is 13. The first-order valence-electron chi connectivity index (χ1n) is 11.3. The summed E-state index contributed by atoms with van der Waals surface area (Å²) in [5.41, 5.74) is 0. The molecule has 0 heterocycles. The Hall–Kier alpha value is -1.46. The van der Waals surface area contributed by atoms with Gasteiger partial charge in [0.25, 0.3) is 5.79 Å². The second-order valence-electron chi connectivity index (χ2n) is 8.73. The summed E-state index contributed by atoms with van der Waals surface area (Å²) >= 11 is 0. The second-order valence-corrected chi connectivity index (χ2v) is 8.73. The molecule has 2 rings (SSSR count). The Morgan fingerprint density at radius 3 is 2.66 bits per heavy atom. The number of methoxy groups -OCH3 is 1. The Morgan fingerprint density at radius 2 is 2.00 bits per heavy atom. The average molecular weight is 407 g/mol. The highest BCUT2D eigenvalue weighted by Gasteiger charge is 2.34. The lowest BCUT2D eigenvalue weighted by atomic mass is 9.89. The molecule has 2 fully saturated rings. The number of carbonyl (C=O) groups excluding carboxylic acids is 2. The Kier molecular flexibility index (Phi) is 9.57. The fourth-order valence-electron chi connectivity index (χ4n) is 4.39. The molecule has 2 aliphatic carbocycles. The second kappa shape index (κ2) is 11.7. The van der Waals surface area contributed by atoms with Crippen LogP contribution in [0.4, 0.5) is 0 Å². The zero-order chi connectivity index (χ0) is 21.3. The molecule has 0 aromatic rings. The van der Waals surface area contributed by atoms with Gasteiger partial charge in [-0.05, 0) is 62.7 Å². The van der Waals surface area contributed by atoms with Crippen molar-refractivity contribution in [2.75, 3.05) is 7.11 Å². The molecule has 2 N–H and O–H groups in total. The van der Waals surface area contributed by atoms with Gasteiger partial charge in [-0.25, -0.2) is 4.79 Å². The SMILES string of the molecule is CCCC[C@@H](CC=C[C@H]1CCC(=O)[C@@H]1CC=CCCC(O)(O)C(=O)OC)C1CC1. The average Bonchev–Trinajstić information content (AvgIpc) is 3.48. The lowest BCUT2D eigenvalue weighted by Crippen LogP contribution is -2.39. The van der Waals surface area contributed by atoms with Crippen LogP contribution in [-0.2, 0) is 14.3 Å². The number of carbonyl (C=O) groups is 2. The molecule has 3 atom stereocenters. The first-order valence-corrected chi connectivity index (χ1v) is 11.3. The van der Waals surface area contributed by atoms with E-state index in [1.165, 1.54) is 32.1 Å². The maximum Gasteiger partial charge on any atom is 0.366 e. The summed E-state index contributed by atoms with van der Waals surface area (Å²) in [7, 11) is 1.12. The van der Waals surface area contributed by atoms with Gasteiger partial charge in [-0.1, -0.05) is 44.1 Å². The molecular formula is C24H38O5. The van der Waals surface area contributed by atoms with Crippen LogP contribution in [0.15, 0.2) is 24.3 Å². The first kappa shape index (κ1) is 23.8. The van der Waals surface area contributed by atoms with Crippen molar-refractivity contribution in [3.05, 3.63) is 24.3 Å². The van der Waals surface area contributed by atoms with E-state index >= 15 is 0 Å². The number of hydrogen-bond acceptors (Lipinski definition) is 5. The van der Waals surface area contributed by atoms with Crippen LogP contribution in [0.25, 0.3) is 0 Å². The number of unbranched alkanes of at least 4 members (excludes halogenated alkanes) is 1. The smallest absolute Gasteiger partial charge is 0.366 e. The van der Waals surface area contributed by atoms with Gasteiger partial charge in [-0.3, -0.25) is 4.79 Å². The van der Waals surface area contributed by atoms with E-state index in [0.717, 1.165) is 31.8 Å². The zero-order valence-electron chi connectivity index (χ0n) is 18.0. The quantitative estimate of drug-likeness (QED) is 0.270. The van der Waals surface area contributed by atoms with Crippen molar-refractivity contribution in [3.8, 4) is 0 Å². The fourth-order valence-corrected chi connectivity index (χ4v) is 4.39. The Balaban J connectivity index is 1.78. The minimum atomic E-state index is -2.45. The van der Waals surface area contributed by atoms with Gasteiger partial charge in [0.1, 0.15) is 5.78 Å². The normalized spacial score (nSPS) is 23.9. The Morgan fingerprint density at radius 1 is 1.24 bits per heavy atom. The zero-order valence-corrected chi connectivity index (χ0v) is 18.0. The topological polar surface area (TPSA) is 83.8 Å². The standard InChI is InChI=1S/C24H38O5/c1-3-4-9-18(19-13-14-19)10-8-11-20-15-16-22(25)21(20)12-6-5-7-17-24(27,28)23(26)29-2/h5-6,8,11,18-21,27-28H,3-4,7,9-10,12-17H2,1-2H3/t18-,20-,21+/m0/s1. The molecule has 5 nitrogen and oxygen atoms in total. The maximum absolute atomic E-state index is 12.3. The third-order valence-electron chi connectivity index (χ3n) is 6.42. The highest BCUT2D eigenvalue weighted by molar-refractivity contribution is 5.83. The van der Waals surface area contributed by atoms with E-state index in [1.807, 2.05) is 12.2 Å². The highest BCUT2D eigenvalue weighted by Crippen LogP contribution is 2.41. The monoisotopic (exact) mass is 406 g/mol. The van der Waals surface area contributed by atoms with E-state index in [1.54, 1.807) is 0 Å². The van der Waals surface area contributed by atoms with Gasteiger partial charge in [-0.2, -0.15) is 0 Å². The van der Waals surface area contributed by atoms with Crippen molar-refractivity contribution in [3.63, 3.8) is 0 Å². The summed E-state index contributed by atoms with van der Waals surface area (Å²) in [5.74, 6) is -1.12. The summed E-state index contributed by atoms with van der Waals surface area (Å²) in [6.45, 7) is 2.25. The van der Waals surface area contributed by atoms with E-state index in [9.17, 15) is 19.8 Å². The van der Waals surface area contributed by atoms with Crippen LogP contribution in [0, 0.1) is 23.7 Å². The summed E-state index contributed by atoms with van der Waals surface area (Å²) in [5, 5.41) is 19.2. The number of aliphatic hydroxyl groups is 2. The molecule has 2 saturated carbocycles. The van der Waals surface area contributed by atoms with Gasteiger partial charge in [0.15, 0.2) is 0 Å². The number of esters is 1. The van der Waals surface area contributed by atoms with Crippen molar-refractivity contribution in [1.29, 1.82) is 0 Å². The predicted molar refractivity (Wildman–Crippen MR) is 113 cm³/mol. The van der Waals surface area contributed by atoms with Crippen LogP contribution in [-0.4, -0.2) is 34.9 Å². The summed E-state index contributed by atoms with van der Waals surface area (Å²) in [6.07, 6.45) is 18.6. The van der Waals surface area contributed by atoms with Crippen LogP contribution in [0.5, 0.6) is 0 Å². The molecule has 0 bridgehead atoms. The van der Waals surface area contributed by atoms with E-state index in [2.05, 4.69) is 23.8 Å². The third kappa shape index (κ3) is 7.71. The molecule has 0 aromatic carbocycles. The largest absolute Gasteiger partial charge is 0.465 e. The molecule has 0 unspecified atom stereocenters. The summed E-state index contributed by atoms with van der Waals surface area (Å²) in [6, 6.07) is 0. The van der Waals surface area contributed by atoms with Crippen molar-refractivity contribution in [1.82, 2.24) is 0 Å². The van der Waals surface area contributed by atoms with Crippen LogP contribution in [0.1, 0.15) is 77.6 Å². The molecule has 0 aliphatic heterocycles. The minimum absolute atomic E-state index is 0.0196. The maximum atomic E-state index is 12.3. The van der Waals surface area contributed by atoms with Crippen molar-refractivity contribution in [2.45, 2.75) is 83.3 Å². The molecule has 2 aliphatic rings. The highest BCUT2D eigenvalue weighted by atomic mass is 16.6. The molecular weight excluding hydrogens is 368 g/mol. The molecule has 0 saturated heterocycles. The number of allylic oxidation sites excluding steroid dienone is 4. The van der Waals surface area contributed by atoms with Gasteiger partial charge in [0.2, 0.25) is 0 Å². The summed E-state index contributed by atoms with van der Waals surface area (Å²) in [4.78, 5) is 23.5. The molecule has 5 heteroatoms. The molecule has 0 amide bonds. The lowest BCUT2D eigenvalue weighted by molar-refractivity contribution is -0.208. The van der Waals surface area contributed by atoms with Gasteiger partial charge in [0.05, 0.1) is 7.11 Å². The van der Waals surface area contributed by atoms with Gasteiger partial charge < -0.3 is 14.9 Å². The Labute approximate surface area is 175 Å². The molecule has 0 aromatic heterocycles. The van der Waals surface area contributed by atoms with Crippen LogP contribution >= 0.6 is 0 Å². The first-order chi connectivity index (χ1) is 13.9. The number of Topliss-reactive ketones (excluding diaryl/α,β-unsaturated/α-hetero) is 1. The lowest BCUT2D eigenvalue weighted by Gasteiger charge is -2.17. The molecule has 0 spiro atoms. The van der Waals surface area contributed by atoms with Crippen LogP contribution < -0.4 is 0 Å². The van der Waals surface area contributed by atoms with E-state index < -0.39 is 11.8 Å². The predicted octanol–water partition coefficient (Wildman–Crippen LogP) is 4.32. The number of ether oxygens (including phenoxy) is 1. The van der Waals surface area contributed by atoms with Crippen molar-refractivity contribution < 1.29 is 24.5 Å². The van der Waals surface area contributed by atoms with Crippen molar-refractivity contribution in [2.24, 2.45) is 23.7 Å². The van der Waals surface area contributed by atoms with Gasteiger partial charge in [-0.15, -0.1) is 0 Å². The summed E-state index contributed by atoms with van der Waals surface area (Å²) < 4.78 is 4.36. The minimum Gasteiger partial charge on any atom is -0.465 e. The third-order valence-corrected chi connectivity index (χ3v) is 6.42. The molecule has 29 heavy (non-hydrogen) atoms. The van der Waals surface area contributed by atoms with E-state index in [4.69, 9.17) is 0 Å².